The van der Waals surface area contributed by atoms with Crippen molar-refractivity contribution in [1.82, 2.24) is 30.1 Å². The second kappa shape index (κ2) is 10.3. The first-order chi connectivity index (χ1) is 17.8. The molecule has 0 aliphatic carbocycles. The molecule has 0 aliphatic heterocycles. The molecule has 0 fully saturated rings. The summed E-state index contributed by atoms with van der Waals surface area (Å²) >= 11 is 1.66. The predicted molar refractivity (Wildman–Crippen MR) is 143 cm³/mol. The molecule has 0 saturated heterocycles. The zero-order valence-electron chi connectivity index (χ0n) is 21.3. The van der Waals surface area contributed by atoms with E-state index in [-0.39, 0.29) is 5.56 Å². The lowest BCUT2D eigenvalue weighted by Crippen LogP contribution is -2.37. The molecule has 5 rings (SSSR count). The van der Waals surface area contributed by atoms with Crippen LogP contribution in [0, 0.1) is 0 Å². The average Bonchev–Trinajstić information content (AvgIpc) is 3.63. The highest BCUT2D eigenvalue weighted by atomic mass is 32.1. The number of aromatic amines is 1. The molecule has 1 aromatic carbocycles. The summed E-state index contributed by atoms with van der Waals surface area (Å²) in [6.07, 6.45) is 1.66. The summed E-state index contributed by atoms with van der Waals surface area (Å²) in [6.45, 7) is 9.67. The molecule has 5 aromatic rings. The van der Waals surface area contributed by atoms with Gasteiger partial charge in [-0.1, -0.05) is 6.07 Å². The van der Waals surface area contributed by atoms with Gasteiger partial charge in [0, 0.05) is 27.9 Å². The molecule has 1 unspecified atom stereocenters. The minimum atomic E-state index is -0.551. The molecule has 0 saturated carbocycles. The molecule has 0 aliphatic rings. The number of pyridine rings is 1. The molecule has 0 bridgehead atoms. The van der Waals surface area contributed by atoms with Crippen molar-refractivity contribution >= 4 is 22.2 Å². The number of H-pyrrole nitrogens is 1. The number of hydrogen-bond acceptors (Lipinski definition) is 8. The van der Waals surface area contributed by atoms with Gasteiger partial charge in [0.25, 0.3) is 5.56 Å². The fourth-order valence-corrected chi connectivity index (χ4v) is 5.18. The lowest BCUT2D eigenvalue weighted by molar-refractivity contribution is 0.173. The summed E-state index contributed by atoms with van der Waals surface area (Å²) in [7, 11) is 0. The largest absolute Gasteiger partial charge is 0.494 e. The third-order valence-electron chi connectivity index (χ3n) is 6.07. The summed E-state index contributed by atoms with van der Waals surface area (Å²) in [5, 5.41) is 15.7. The fraction of sp³-hybridized carbons (Fsp3) is 0.333. The standard InChI is InChI=1S/C27H30N6O3S/c1-5-35-19-10-11-23-18(14-19)15-22(26(34)28-23)24(25-29-30-31-33(25)27(2,3)4)32(16-20-8-6-12-36-20)17-21-9-7-13-37-21/h6-15,24H,5,16-17H2,1-4H3,(H,28,34). The topological polar surface area (TPSA) is 102 Å². The molecule has 10 heteroatoms. The number of furan rings is 1. The van der Waals surface area contributed by atoms with Gasteiger partial charge in [0.15, 0.2) is 5.82 Å². The summed E-state index contributed by atoms with van der Waals surface area (Å²) in [5.74, 6) is 2.11. The van der Waals surface area contributed by atoms with Crippen LogP contribution in [0.15, 0.2) is 69.4 Å². The van der Waals surface area contributed by atoms with Crippen LogP contribution in [0.1, 0.15) is 55.8 Å². The molecule has 4 heterocycles. The first-order valence-electron chi connectivity index (χ1n) is 12.2. The van der Waals surface area contributed by atoms with Gasteiger partial charge < -0.3 is 14.1 Å². The van der Waals surface area contributed by atoms with Gasteiger partial charge in [0.1, 0.15) is 17.6 Å². The third kappa shape index (κ3) is 5.35. The lowest BCUT2D eigenvalue weighted by atomic mass is 10.0. The number of rotatable bonds is 9. The van der Waals surface area contributed by atoms with E-state index in [4.69, 9.17) is 9.15 Å². The number of aromatic nitrogens is 5. The first-order valence-corrected chi connectivity index (χ1v) is 13.1. The van der Waals surface area contributed by atoms with E-state index in [1.807, 2.05) is 75.5 Å². The van der Waals surface area contributed by atoms with Crippen LogP contribution >= 0.6 is 11.3 Å². The Morgan fingerprint density at radius 1 is 1.16 bits per heavy atom. The van der Waals surface area contributed by atoms with E-state index in [0.29, 0.717) is 31.1 Å². The molecule has 1 N–H and O–H groups in total. The molecule has 9 nitrogen and oxygen atoms in total. The van der Waals surface area contributed by atoms with Gasteiger partial charge in [-0.3, -0.25) is 9.69 Å². The van der Waals surface area contributed by atoms with Crippen LogP contribution in [0.4, 0.5) is 0 Å². The van der Waals surface area contributed by atoms with Crippen LogP contribution in [0.2, 0.25) is 0 Å². The van der Waals surface area contributed by atoms with E-state index < -0.39 is 11.6 Å². The van der Waals surface area contributed by atoms with Gasteiger partial charge in [-0.05, 0) is 86.0 Å². The van der Waals surface area contributed by atoms with E-state index in [2.05, 4.69) is 31.5 Å². The van der Waals surface area contributed by atoms with E-state index in [1.54, 1.807) is 22.3 Å². The van der Waals surface area contributed by atoms with Crippen LogP contribution in [0.25, 0.3) is 10.9 Å². The molecule has 0 spiro atoms. The molecular weight excluding hydrogens is 488 g/mol. The quantitative estimate of drug-likeness (QED) is 0.289. The van der Waals surface area contributed by atoms with E-state index in [9.17, 15) is 4.79 Å². The summed E-state index contributed by atoms with van der Waals surface area (Å²) in [6, 6.07) is 15.0. The minimum Gasteiger partial charge on any atom is -0.494 e. The van der Waals surface area contributed by atoms with Gasteiger partial charge in [0.05, 0.1) is 25.0 Å². The molecule has 37 heavy (non-hydrogen) atoms. The van der Waals surface area contributed by atoms with Gasteiger partial charge in [-0.15, -0.1) is 16.4 Å². The van der Waals surface area contributed by atoms with E-state index >= 15 is 0 Å². The lowest BCUT2D eigenvalue weighted by Gasteiger charge is -2.32. The normalized spacial score (nSPS) is 12.9. The van der Waals surface area contributed by atoms with Gasteiger partial charge in [-0.25, -0.2) is 4.68 Å². The smallest absolute Gasteiger partial charge is 0.253 e. The van der Waals surface area contributed by atoms with Crippen molar-refractivity contribution in [2.24, 2.45) is 0 Å². The Hall–Kier alpha value is -3.76. The van der Waals surface area contributed by atoms with Crippen molar-refractivity contribution in [1.29, 1.82) is 0 Å². The summed E-state index contributed by atoms with van der Waals surface area (Å²) in [5.41, 5.74) is 0.690. The van der Waals surface area contributed by atoms with Gasteiger partial charge in [-0.2, -0.15) is 0 Å². The van der Waals surface area contributed by atoms with Crippen molar-refractivity contribution in [3.63, 3.8) is 0 Å². The Bertz CT molecular complexity index is 1480. The second-order valence-electron chi connectivity index (χ2n) is 9.82. The number of benzene rings is 1. The highest BCUT2D eigenvalue weighted by Gasteiger charge is 2.34. The van der Waals surface area contributed by atoms with Crippen LogP contribution in [-0.4, -0.2) is 36.7 Å². The maximum absolute atomic E-state index is 13.6. The van der Waals surface area contributed by atoms with Crippen LogP contribution in [0.5, 0.6) is 5.75 Å². The van der Waals surface area contributed by atoms with Crippen molar-refractivity contribution in [2.45, 2.75) is 52.4 Å². The van der Waals surface area contributed by atoms with Gasteiger partial charge in [0.2, 0.25) is 0 Å². The van der Waals surface area contributed by atoms with Crippen LogP contribution < -0.4 is 10.3 Å². The predicted octanol–water partition coefficient (Wildman–Crippen LogP) is 5.11. The zero-order chi connectivity index (χ0) is 26.0. The number of thiophene rings is 1. The highest BCUT2D eigenvalue weighted by Crippen LogP contribution is 2.33. The Balaban J connectivity index is 1.71. The maximum atomic E-state index is 13.6. The molecule has 192 valence electrons. The number of nitrogens with one attached hydrogen (secondary N) is 1. The van der Waals surface area contributed by atoms with Gasteiger partial charge >= 0.3 is 0 Å². The molecule has 0 radical (unpaired) electrons. The maximum Gasteiger partial charge on any atom is 0.253 e. The van der Waals surface area contributed by atoms with E-state index in [1.165, 1.54) is 0 Å². The molecular formula is C27H30N6O3S. The number of nitrogens with zero attached hydrogens (tertiary/aromatic N) is 5. The highest BCUT2D eigenvalue weighted by molar-refractivity contribution is 7.09. The number of ether oxygens (including phenoxy) is 1. The molecule has 0 amide bonds. The second-order valence-corrected chi connectivity index (χ2v) is 10.9. The molecule has 1 atom stereocenters. The van der Waals surface area contributed by atoms with Crippen LogP contribution in [0.3, 0.4) is 0 Å². The summed E-state index contributed by atoms with van der Waals surface area (Å²) in [4.78, 5) is 20.0. The van der Waals surface area contributed by atoms with Crippen LogP contribution in [-0.2, 0) is 18.6 Å². The van der Waals surface area contributed by atoms with Crippen molar-refractivity contribution in [2.75, 3.05) is 6.61 Å². The van der Waals surface area contributed by atoms with E-state index in [0.717, 1.165) is 27.3 Å². The third-order valence-corrected chi connectivity index (χ3v) is 6.93. The first kappa shape index (κ1) is 24.9. The fourth-order valence-electron chi connectivity index (χ4n) is 4.45. The Kier molecular flexibility index (Phi) is 6.94. The monoisotopic (exact) mass is 518 g/mol. The van der Waals surface area contributed by atoms with Crippen molar-refractivity contribution in [3.8, 4) is 5.75 Å². The van der Waals surface area contributed by atoms with Crippen molar-refractivity contribution < 1.29 is 9.15 Å². The Morgan fingerprint density at radius 2 is 2.03 bits per heavy atom. The average molecular weight is 519 g/mol. The Morgan fingerprint density at radius 3 is 2.73 bits per heavy atom. The minimum absolute atomic E-state index is 0.194. The molecule has 4 aromatic heterocycles. The number of tetrazole rings is 1. The SMILES string of the molecule is CCOc1ccc2[nH]c(=O)c(C(c3nnnn3C(C)(C)C)N(Cc3ccco3)Cc3cccs3)cc2c1. The zero-order valence-corrected chi connectivity index (χ0v) is 22.2. The summed E-state index contributed by atoms with van der Waals surface area (Å²) < 4.78 is 13.2. The van der Waals surface area contributed by atoms with Crippen molar-refractivity contribution in [3.05, 3.63) is 92.6 Å². The number of hydrogen-bond donors (Lipinski definition) is 1. The Labute approximate surface area is 218 Å². The number of fused-ring (bicyclic) bond motifs is 1.